The van der Waals surface area contributed by atoms with Gasteiger partial charge in [0.05, 0.1) is 16.3 Å². The first-order chi connectivity index (χ1) is 34.6. The molecule has 0 atom stereocenters. The number of thiophene rings is 1. The predicted octanol–water partition coefficient (Wildman–Crippen LogP) is 12.6. The summed E-state index contributed by atoms with van der Waals surface area (Å²) in [6.07, 6.45) is 0. The zero-order valence-electron chi connectivity index (χ0n) is 36.8. The summed E-state index contributed by atoms with van der Waals surface area (Å²) in [4.78, 5) is 15.8. The van der Waals surface area contributed by atoms with E-state index in [4.69, 9.17) is 23.2 Å². The van der Waals surface area contributed by atoms with Gasteiger partial charge in [-0.3, -0.25) is 18.5 Å². The highest BCUT2D eigenvalue weighted by Crippen LogP contribution is 2.49. The van der Waals surface area contributed by atoms with Crippen LogP contribution >= 0.6 is 34.5 Å². The second-order valence-corrected chi connectivity index (χ2v) is 21.3. The zero-order valence-corrected chi connectivity index (χ0v) is 41.6. The van der Waals surface area contributed by atoms with Crippen LogP contribution in [0.2, 0.25) is 10.0 Å². The van der Waals surface area contributed by atoms with Crippen LogP contribution in [-0.2, 0) is 30.4 Å². The number of nitriles is 2. The molecule has 0 radical (unpaired) electrons. The van der Waals surface area contributed by atoms with Gasteiger partial charge in [-0.25, -0.2) is 4.98 Å². The van der Waals surface area contributed by atoms with Gasteiger partial charge in [0.25, 0.3) is 36.3 Å². The number of rotatable bonds is 14. The fraction of sp³-hybridized carbons (Fsp3) is 0.0213. The minimum Gasteiger partial charge on any atom is -0.339 e. The lowest BCUT2D eigenvalue weighted by atomic mass is 10.0. The normalized spacial score (nSPS) is 11.9. The number of benzene rings is 6. The third-order valence-electron chi connectivity index (χ3n) is 10.5. The first-order valence-corrected chi connectivity index (χ1v) is 26.4. The number of nitrogens with zero attached hydrogens (tertiary/aromatic N) is 7. The number of hydrogen-bond acceptors (Lipinski definition) is 17. The molecule has 2 aromatic heterocycles. The highest BCUT2D eigenvalue weighted by Gasteiger charge is 2.25. The smallest absolute Gasteiger partial charge is 0.296 e. The Kier molecular flexibility index (Phi) is 14.5. The number of carbonyl (C=O) groups is 1. The first kappa shape index (κ1) is 51.3. The molecule has 8 rings (SSSR count). The van der Waals surface area contributed by atoms with Crippen molar-refractivity contribution in [3.8, 4) is 23.3 Å². The summed E-state index contributed by atoms with van der Waals surface area (Å²) in [6.45, 7) is 1.52. The molecule has 0 aliphatic carbocycles. The molecule has 366 valence electrons. The summed E-state index contributed by atoms with van der Waals surface area (Å²) in [5.41, 5.74) is 1.16. The molecular weight excluding hydrogens is 1060 g/mol. The van der Waals surface area contributed by atoms with E-state index in [1.807, 2.05) is 0 Å². The molecule has 0 aliphatic rings. The van der Waals surface area contributed by atoms with E-state index in [1.54, 1.807) is 78.9 Å². The molecule has 0 saturated carbocycles. The fourth-order valence-corrected chi connectivity index (χ4v) is 10.7. The van der Waals surface area contributed by atoms with E-state index in [0.29, 0.717) is 27.5 Å². The molecule has 8 aromatic rings. The SMILES string of the molecule is Cc1c(C#N)c(Nc2ccc(Cl)c(S(=O)(=O)O)c2)nc(Nc2ccc(Cl)cc2)c1N=Nc1sc(/N=N/c2cc(S(=O)(=O)O)c3cccc(S(=O)(=O)O)c3c2)c(-c2cccc(NC(=O)c3ccccc3)c2)c1C#N. The van der Waals surface area contributed by atoms with E-state index in [2.05, 4.69) is 53.5 Å². The number of pyridine rings is 1. The first-order valence-electron chi connectivity index (χ1n) is 20.5. The lowest BCUT2D eigenvalue weighted by Crippen LogP contribution is -2.11. The van der Waals surface area contributed by atoms with Crippen molar-refractivity contribution >= 4 is 132 Å². The molecule has 2 heterocycles. The molecule has 1 amide bonds. The molecule has 73 heavy (non-hydrogen) atoms. The highest BCUT2D eigenvalue weighted by atomic mass is 35.5. The molecule has 6 N–H and O–H groups in total. The van der Waals surface area contributed by atoms with Crippen molar-refractivity contribution in [3.05, 3.63) is 160 Å². The predicted molar refractivity (Wildman–Crippen MR) is 274 cm³/mol. The Morgan fingerprint density at radius 3 is 1.93 bits per heavy atom. The van der Waals surface area contributed by atoms with Crippen LogP contribution in [0.3, 0.4) is 0 Å². The second-order valence-electron chi connectivity index (χ2n) is 15.3. The van der Waals surface area contributed by atoms with Crippen LogP contribution in [0.4, 0.5) is 50.1 Å². The quantitative estimate of drug-likeness (QED) is 0.0435. The number of amides is 1. The standard InChI is InChI=1S/C47H30Cl2N10O10S4/c1-25-35(23-50)43(53-31-17-18-37(49)40(21-31)73(67,68)69)55-44(52-29-15-13-28(48)14-16-29)42(25)57-58-46-36(24-51)41(27-9-5-10-30(19-27)54-45(60)26-7-3-2-4-8-26)47(70-46)59-56-32-20-34-33(39(22-32)72(64,65)66)11-6-12-38(34)71(61,62)63/h2-22H,1H3,(H,54,60)(H2,52,53,55)(H,61,62,63)(H,64,65,66)(H,67,68,69)/b58-57?,59-56+. The number of aromatic nitrogens is 1. The van der Waals surface area contributed by atoms with Crippen molar-refractivity contribution in [3.63, 3.8) is 0 Å². The Labute approximate surface area is 429 Å². The van der Waals surface area contributed by atoms with Crippen molar-refractivity contribution in [1.29, 1.82) is 10.5 Å². The average Bonchev–Trinajstić information content (AvgIpc) is 3.70. The van der Waals surface area contributed by atoms with Gasteiger partial charge in [-0.05, 0) is 97.4 Å². The molecule has 0 saturated heterocycles. The van der Waals surface area contributed by atoms with Crippen molar-refractivity contribution in [1.82, 2.24) is 4.98 Å². The van der Waals surface area contributed by atoms with Crippen LogP contribution in [0.1, 0.15) is 27.0 Å². The largest absolute Gasteiger partial charge is 0.339 e. The molecular formula is C47H30Cl2N10O10S4. The Hall–Kier alpha value is -8.01. The Morgan fingerprint density at radius 1 is 0.616 bits per heavy atom. The van der Waals surface area contributed by atoms with Crippen LogP contribution in [-0.4, -0.2) is 49.8 Å². The Balaban J connectivity index is 1.30. The maximum atomic E-state index is 13.2. The number of hydrogen-bond donors (Lipinski definition) is 6. The number of fused-ring (bicyclic) bond motifs is 1. The van der Waals surface area contributed by atoms with Gasteiger partial charge in [0.2, 0.25) is 0 Å². The van der Waals surface area contributed by atoms with Crippen LogP contribution < -0.4 is 16.0 Å². The van der Waals surface area contributed by atoms with Crippen LogP contribution in [0.5, 0.6) is 0 Å². The molecule has 0 spiro atoms. The fourth-order valence-electron chi connectivity index (χ4n) is 7.19. The molecule has 26 heteroatoms. The van der Waals surface area contributed by atoms with Gasteiger partial charge in [0, 0.05) is 49.5 Å². The van der Waals surface area contributed by atoms with E-state index in [0.717, 1.165) is 35.6 Å². The maximum absolute atomic E-state index is 13.2. The lowest BCUT2D eigenvalue weighted by molar-refractivity contribution is 0.102. The second kappa shape index (κ2) is 20.6. The summed E-state index contributed by atoms with van der Waals surface area (Å²) in [5.74, 6) is -0.554. The van der Waals surface area contributed by atoms with Gasteiger partial charge in [0.15, 0.2) is 16.6 Å². The van der Waals surface area contributed by atoms with Gasteiger partial charge in [0.1, 0.15) is 43.1 Å². The van der Waals surface area contributed by atoms with E-state index in [-0.39, 0.29) is 76.7 Å². The third-order valence-corrected chi connectivity index (χ3v) is 14.8. The van der Waals surface area contributed by atoms with Crippen molar-refractivity contribution in [2.24, 2.45) is 20.5 Å². The summed E-state index contributed by atoms with van der Waals surface area (Å²) in [7, 11) is -14.8. The van der Waals surface area contributed by atoms with Crippen LogP contribution in [0.15, 0.2) is 163 Å². The third kappa shape index (κ3) is 11.4. The highest BCUT2D eigenvalue weighted by molar-refractivity contribution is 7.86. The Bertz CT molecular complexity index is 4070. The van der Waals surface area contributed by atoms with Gasteiger partial charge < -0.3 is 16.0 Å². The number of azo groups is 2. The summed E-state index contributed by atoms with van der Waals surface area (Å²) < 4.78 is 104. The van der Waals surface area contributed by atoms with Crippen molar-refractivity contribution < 1.29 is 43.7 Å². The van der Waals surface area contributed by atoms with Gasteiger partial charge >= 0.3 is 0 Å². The number of anilines is 5. The molecule has 0 bridgehead atoms. The van der Waals surface area contributed by atoms with E-state index >= 15 is 0 Å². The van der Waals surface area contributed by atoms with Gasteiger partial charge in [-0.2, -0.15) is 35.8 Å². The van der Waals surface area contributed by atoms with Gasteiger partial charge in [-0.1, -0.05) is 77.0 Å². The topological polar surface area (TPSA) is 326 Å². The van der Waals surface area contributed by atoms with Crippen LogP contribution in [0.25, 0.3) is 21.9 Å². The lowest BCUT2D eigenvalue weighted by Gasteiger charge is -2.16. The van der Waals surface area contributed by atoms with Gasteiger partial charge in [-0.15, -0.1) is 20.5 Å². The monoisotopic (exact) mass is 1090 g/mol. The average molecular weight is 1090 g/mol. The molecule has 0 aliphatic heterocycles. The zero-order chi connectivity index (χ0) is 52.4. The number of halogens is 2. The van der Waals surface area contributed by atoms with E-state index < -0.39 is 50.9 Å². The van der Waals surface area contributed by atoms with E-state index in [9.17, 15) is 54.2 Å². The number of carbonyl (C=O) groups excluding carboxylic acids is 1. The Morgan fingerprint density at radius 2 is 1.26 bits per heavy atom. The minimum atomic E-state index is -5.04. The molecule has 20 nitrogen and oxygen atoms in total. The minimum absolute atomic E-state index is 0.0127. The summed E-state index contributed by atoms with van der Waals surface area (Å²) in [5, 5.41) is 47.1. The summed E-state index contributed by atoms with van der Waals surface area (Å²) >= 11 is 13.0. The molecule has 0 fully saturated rings. The number of nitrogens with one attached hydrogen (secondary N) is 3. The molecule has 0 unspecified atom stereocenters. The van der Waals surface area contributed by atoms with Crippen molar-refractivity contribution in [2.75, 3.05) is 16.0 Å². The van der Waals surface area contributed by atoms with Crippen LogP contribution in [0, 0.1) is 29.6 Å². The molecule has 6 aromatic carbocycles. The summed E-state index contributed by atoms with van der Waals surface area (Å²) in [6, 6.07) is 34.3. The van der Waals surface area contributed by atoms with Crippen molar-refractivity contribution in [2.45, 2.75) is 21.6 Å². The maximum Gasteiger partial charge on any atom is 0.296 e. The van der Waals surface area contributed by atoms with E-state index in [1.165, 1.54) is 31.2 Å².